The predicted octanol–water partition coefficient (Wildman–Crippen LogP) is 3.18. The van der Waals surface area contributed by atoms with Gasteiger partial charge in [0.15, 0.2) is 0 Å². The molecule has 0 bridgehead atoms. The number of hydrogen-bond acceptors (Lipinski definition) is 2. The van der Waals surface area contributed by atoms with Gasteiger partial charge in [-0.25, -0.2) is 0 Å². The van der Waals surface area contributed by atoms with Crippen molar-refractivity contribution < 1.29 is 0 Å². The first-order valence-corrected chi connectivity index (χ1v) is 6.98. The lowest BCUT2D eigenvalue weighted by Gasteiger charge is -2.23. The number of pyridine rings is 1. The third-order valence-corrected chi connectivity index (χ3v) is 4.19. The number of nitrogens with zero attached hydrogens (tertiary/aromatic N) is 1. The standard InChI is InChI=1S/C16H17N3/c1-2-12(9-17-6-1)11-3-4-15-13(8-11)14-10-18-7-5-16(14)19-15/h3-5,7-8,10,12,17,19H,1-2,6,9H2. The third kappa shape index (κ3) is 1.81. The molecule has 4 rings (SSSR count). The van der Waals surface area contributed by atoms with Crippen LogP contribution in [-0.2, 0) is 0 Å². The number of hydrogen-bond donors (Lipinski definition) is 2. The molecule has 2 N–H and O–H groups in total. The van der Waals surface area contributed by atoms with Gasteiger partial charge < -0.3 is 10.3 Å². The van der Waals surface area contributed by atoms with Gasteiger partial charge in [-0.3, -0.25) is 4.98 Å². The fourth-order valence-electron chi connectivity index (χ4n) is 3.15. The summed E-state index contributed by atoms with van der Waals surface area (Å²) >= 11 is 0. The summed E-state index contributed by atoms with van der Waals surface area (Å²) in [4.78, 5) is 7.70. The van der Waals surface area contributed by atoms with E-state index >= 15 is 0 Å². The molecular formula is C16H17N3. The van der Waals surface area contributed by atoms with Crippen LogP contribution in [0.3, 0.4) is 0 Å². The van der Waals surface area contributed by atoms with E-state index in [9.17, 15) is 0 Å². The molecule has 2 aromatic heterocycles. The fraction of sp³-hybridized carbons (Fsp3) is 0.312. The fourth-order valence-corrected chi connectivity index (χ4v) is 3.15. The molecule has 1 aliphatic heterocycles. The average Bonchev–Trinajstić information content (AvgIpc) is 2.86. The van der Waals surface area contributed by atoms with Crippen molar-refractivity contribution in [3.63, 3.8) is 0 Å². The summed E-state index contributed by atoms with van der Waals surface area (Å²) in [7, 11) is 0. The Labute approximate surface area is 112 Å². The van der Waals surface area contributed by atoms with E-state index in [1.54, 1.807) is 0 Å². The highest BCUT2D eigenvalue weighted by molar-refractivity contribution is 6.06. The maximum absolute atomic E-state index is 4.25. The normalized spacial score (nSPS) is 20.1. The van der Waals surface area contributed by atoms with E-state index in [4.69, 9.17) is 0 Å². The summed E-state index contributed by atoms with van der Waals surface area (Å²) in [5, 5.41) is 6.01. The van der Waals surface area contributed by atoms with E-state index in [1.165, 1.54) is 40.2 Å². The molecule has 1 aromatic carbocycles. The Morgan fingerprint density at radius 1 is 1.11 bits per heavy atom. The highest BCUT2D eigenvalue weighted by atomic mass is 14.9. The van der Waals surface area contributed by atoms with Crippen molar-refractivity contribution in [2.75, 3.05) is 13.1 Å². The molecule has 0 amide bonds. The number of aromatic amines is 1. The van der Waals surface area contributed by atoms with Crippen LogP contribution in [0.2, 0.25) is 0 Å². The molecule has 3 heterocycles. The zero-order chi connectivity index (χ0) is 12.7. The summed E-state index contributed by atoms with van der Waals surface area (Å²) in [5.41, 5.74) is 3.82. The lowest BCUT2D eigenvalue weighted by Crippen LogP contribution is -2.28. The van der Waals surface area contributed by atoms with E-state index in [-0.39, 0.29) is 0 Å². The van der Waals surface area contributed by atoms with Crippen molar-refractivity contribution in [3.8, 4) is 0 Å². The van der Waals surface area contributed by atoms with Crippen LogP contribution in [0, 0.1) is 0 Å². The van der Waals surface area contributed by atoms with E-state index in [0.29, 0.717) is 5.92 Å². The zero-order valence-corrected chi connectivity index (χ0v) is 10.8. The van der Waals surface area contributed by atoms with Crippen LogP contribution in [0.25, 0.3) is 21.8 Å². The Morgan fingerprint density at radius 2 is 2.05 bits per heavy atom. The number of aromatic nitrogens is 2. The maximum Gasteiger partial charge on any atom is 0.0495 e. The molecular weight excluding hydrogens is 234 g/mol. The number of fused-ring (bicyclic) bond motifs is 3. The van der Waals surface area contributed by atoms with Gasteiger partial charge in [-0.05, 0) is 49.1 Å². The molecule has 0 saturated carbocycles. The first-order chi connectivity index (χ1) is 9.42. The van der Waals surface area contributed by atoms with Gasteiger partial charge in [0.2, 0.25) is 0 Å². The first kappa shape index (κ1) is 11.0. The van der Waals surface area contributed by atoms with Crippen molar-refractivity contribution in [1.82, 2.24) is 15.3 Å². The van der Waals surface area contributed by atoms with Crippen LogP contribution in [0.15, 0.2) is 36.7 Å². The summed E-state index contributed by atoms with van der Waals surface area (Å²) in [5.74, 6) is 0.653. The highest BCUT2D eigenvalue weighted by Gasteiger charge is 2.16. The molecule has 0 spiro atoms. The van der Waals surface area contributed by atoms with Crippen LogP contribution in [0.4, 0.5) is 0 Å². The summed E-state index contributed by atoms with van der Waals surface area (Å²) in [6.07, 6.45) is 6.36. The van der Waals surface area contributed by atoms with Crippen molar-refractivity contribution in [1.29, 1.82) is 0 Å². The smallest absolute Gasteiger partial charge is 0.0495 e. The van der Waals surface area contributed by atoms with Gasteiger partial charge in [-0.1, -0.05) is 6.07 Å². The Kier molecular flexibility index (Phi) is 2.52. The summed E-state index contributed by atoms with van der Waals surface area (Å²) in [6, 6.07) is 8.85. The van der Waals surface area contributed by atoms with Gasteiger partial charge in [0, 0.05) is 40.7 Å². The topological polar surface area (TPSA) is 40.7 Å². The lowest BCUT2D eigenvalue weighted by atomic mass is 9.91. The quantitative estimate of drug-likeness (QED) is 0.697. The summed E-state index contributed by atoms with van der Waals surface area (Å²) in [6.45, 7) is 2.27. The number of benzene rings is 1. The highest BCUT2D eigenvalue weighted by Crippen LogP contribution is 2.30. The molecule has 1 saturated heterocycles. The third-order valence-electron chi connectivity index (χ3n) is 4.19. The second-order valence-electron chi connectivity index (χ2n) is 5.39. The van der Waals surface area contributed by atoms with E-state index in [2.05, 4.69) is 33.5 Å². The number of rotatable bonds is 1. The van der Waals surface area contributed by atoms with E-state index in [1.807, 2.05) is 18.5 Å². The molecule has 1 fully saturated rings. The predicted molar refractivity (Wildman–Crippen MR) is 78.4 cm³/mol. The van der Waals surface area contributed by atoms with Crippen LogP contribution in [0.1, 0.15) is 24.3 Å². The second kappa shape index (κ2) is 4.35. The Hall–Kier alpha value is -1.87. The SMILES string of the molecule is c1cc2[nH]c3ccc(C4CCCNC4)cc3c2cn1. The molecule has 1 atom stereocenters. The van der Waals surface area contributed by atoms with Crippen molar-refractivity contribution in [2.45, 2.75) is 18.8 Å². The Balaban J connectivity index is 1.87. The minimum atomic E-state index is 0.653. The summed E-state index contributed by atoms with van der Waals surface area (Å²) < 4.78 is 0. The molecule has 0 radical (unpaired) electrons. The van der Waals surface area contributed by atoms with Gasteiger partial charge in [0.05, 0.1) is 0 Å². The van der Waals surface area contributed by atoms with Crippen molar-refractivity contribution in [2.24, 2.45) is 0 Å². The van der Waals surface area contributed by atoms with Crippen LogP contribution in [0.5, 0.6) is 0 Å². The molecule has 19 heavy (non-hydrogen) atoms. The second-order valence-corrected chi connectivity index (χ2v) is 5.39. The molecule has 0 aliphatic carbocycles. The molecule has 1 aliphatic rings. The van der Waals surface area contributed by atoms with Gasteiger partial charge in [-0.2, -0.15) is 0 Å². The largest absolute Gasteiger partial charge is 0.354 e. The minimum absolute atomic E-state index is 0.653. The van der Waals surface area contributed by atoms with E-state index in [0.717, 1.165) is 13.1 Å². The molecule has 96 valence electrons. The molecule has 3 nitrogen and oxygen atoms in total. The van der Waals surface area contributed by atoms with Crippen LogP contribution in [-0.4, -0.2) is 23.1 Å². The minimum Gasteiger partial charge on any atom is -0.354 e. The Bertz CT molecular complexity index is 723. The molecule has 3 heteroatoms. The monoisotopic (exact) mass is 251 g/mol. The van der Waals surface area contributed by atoms with E-state index < -0.39 is 0 Å². The molecule has 1 unspecified atom stereocenters. The van der Waals surface area contributed by atoms with Crippen LogP contribution >= 0.6 is 0 Å². The van der Waals surface area contributed by atoms with Gasteiger partial charge >= 0.3 is 0 Å². The number of H-pyrrole nitrogens is 1. The van der Waals surface area contributed by atoms with Gasteiger partial charge in [0.1, 0.15) is 0 Å². The Morgan fingerprint density at radius 3 is 2.95 bits per heavy atom. The van der Waals surface area contributed by atoms with Gasteiger partial charge in [-0.15, -0.1) is 0 Å². The van der Waals surface area contributed by atoms with Crippen molar-refractivity contribution in [3.05, 3.63) is 42.2 Å². The van der Waals surface area contributed by atoms with Crippen molar-refractivity contribution >= 4 is 21.8 Å². The molecule has 3 aromatic rings. The number of piperidine rings is 1. The number of nitrogens with one attached hydrogen (secondary N) is 2. The zero-order valence-electron chi connectivity index (χ0n) is 10.8. The lowest BCUT2D eigenvalue weighted by molar-refractivity contribution is 0.462. The average molecular weight is 251 g/mol. The maximum atomic E-state index is 4.25. The van der Waals surface area contributed by atoms with Crippen LogP contribution < -0.4 is 5.32 Å². The first-order valence-electron chi connectivity index (χ1n) is 6.98. The van der Waals surface area contributed by atoms with Gasteiger partial charge in [0.25, 0.3) is 0 Å².